The number of aromatic nitrogens is 2. The highest BCUT2D eigenvalue weighted by Crippen LogP contribution is 2.24. The molecule has 3 aromatic rings. The molecule has 1 N–H and O–H groups in total. The van der Waals surface area contributed by atoms with Crippen LogP contribution in [0.4, 0.5) is 5.82 Å². The summed E-state index contributed by atoms with van der Waals surface area (Å²) in [4.78, 5) is 12.9. The molecule has 0 radical (unpaired) electrons. The number of rotatable bonds is 4. The minimum Gasteiger partial charge on any atom is -0.306 e. The van der Waals surface area contributed by atoms with Gasteiger partial charge in [0.05, 0.1) is 21.4 Å². The van der Waals surface area contributed by atoms with Gasteiger partial charge in [-0.15, -0.1) is 11.3 Å². The normalized spacial score (nSPS) is 10.7. The largest absolute Gasteiger partial charge is 0.306 e. The molecule has 0 aliphatic carbocycles. The Morgan fingerprint density at radius 2 is 2.09 bits per heavy atom. The van der Waals surface area contributed by atoms with Crippen LogP contribution < -0.4 is 5.32 Å². The van der Waals surface area contributed by atoms with Crippen molar-refractivity contribution in [1.82, 2.24) is 9.78 Å². The lowest BCUT2D eigenvalue weighted by atomic mass is 10.2. The maximum Gasteiger partial charge on any atom is 0.266 e. The molecule has 23 heavy (non-hydrogen) atoms. The van der Waals surface area contributed by atoms with Gasteiger partial charge in [-0.2, -0.15) is 5.10 Å². The number of amides is 1. The van der Waals surface area contributed by atoms with Crippen molar-refractivity contribution in [2.45, 2.75) is 6.54 Å². The van der Waals surface area contributed by atoms with Gasteiger partial charge in [-0.25, -0.2) is 4.68 Å². The first-order valence-corrected chi connectivity index (χ1v) is 8.92. The lowest BCUT2D eigenvalue weighted by Gasteiger charge is -2.10. The van der Waals surface area contributed by atoms with Gasteiger partial charge in [0.25, 0.3) is 5.91 Å². The van der Waals surface area contributed by atoms with E-state index in [0.29, 0.717) is 27.3 Å². The second-order valence-corrected chi connectivity index (χ2v) is 7.97. The first-order chi connectivity index (χ1) is 11.0. The van der Waals surface area contributed by atoms with E-state index in [9.17, 15) is 4.79 Å². The van der Waals surface area contributed by atoms with Gasteiger partial charge in [0, 0.05) is 16.1 Å². The van der Waals surface area contributed by atoms with Gasteiger partial charge < -0.3 is 5.32 Å². The summed E-state index contributed by atoms with van der Waals surface area (Å²) in [6.45, 7) is 0.437. The van der Waals surface area contributed by atoms with E-state index in [4.69, 9.17) is 23.2 Å². The molecular weight excluding hydrogens is 421 g/mol. The van der Waals surface area contributed by atoms with E-state index in [0.717, 1.165) is 9.35 Å². The number of thiophene rings is 1. The summed E-state index contributed by atoms with van der Waals surface area (Å²) < 4.78 is 2.58. The Morgan fingerprint density at radius 3 is 2.78 bits per heavy atom. The molecule has 0 bridgehead atoms. The zero-order chi connectivity index (χ0) is 16.4. The topological polar surface area (TPSA) is 46.9 Å². The Balaban J connectivity index is 1.78. The van der Waals surface area contributed by atoms with Crippen molar-refractivity contribution in [3.63, 3.8) is 0 Å². The third kappa shape index (κ3) is 3.95. The zero-order valence-corrected chi connectivity index (χ0v) is 15.5. The SMILES string of the molecule is O=C(Nc1ccnn1Cc1ccc(Cl)cc1Cl)c1ccc(Br)s1. The molecular formula is C15H10BrCl2N3OS. The summed E-state index contributed by atoms with van der Waals surface area (Å²) in [5.74, 6) is 0.426. The third-order valence-electron chi connectivity index (χ3n) is 3.09. The fourth-order valence-corrected chi connectivity index (χ4v) is 3.74. The van der Waals surface area contributed by atoms with Gasteiger partial charge in [-0.3, -0.25) is 4.79 Å². The number of halogens is 3. The fourth-order valence-electron chi connectivity index (χ4n) is 1.99. The molecule has 0 saturated heterocycles. The number of nitrogens with zero attached hydrogens (tertiary/aromatic N) is 2. The lowest BCUT2D eigenvalue weighted by molar-refractivity contribution is 0.102. The van der Waals surface area contributed by atoms with Gasteiger partial charge in [0.1, 0.15) is 5.82 Å². The van der Waals surface area contributed by atoms with Crippen molar-refractivity contribution in [3.8, 4) is 0 Å². The van der Waals surface area contributed by atoms with Crippen molar-refractivity contribution in [1.29, 1.82) is 0 Å². The molecule has 0 unspecified atom stereocenters. The zero-order valence-electron chi connectivity index (χ0n) is 11.6. The van der Waals surface area contributed by atoms with E-state index in [1.807, 2.05) is 12.1 Å². The monoisotopic (exact) mass is 429 g/mol. The summed E-state index contributed by atoms with van der Waals surface area (Å²) in [6.07, 6.45) is 1.63. The number of carbonyl (C=O) groups excluding carboxylic acids is 1. The Hall–Kier alpha value is -1.34. The summed E-state index contributed by atoms with van der Waals surface area (Å²) >= 11 is 16.8. The molecule has 0 saturated carbocycles. The lowest BCUT2D eigenvalue weighted by Crippen LogP contribution is -2.15. The Bertz CT molecular complexity index is 862. The molecule has 3 rings (SSSR count). The van der Waals surface area contributed by atoms with Crippen molar-refractivity contribution >= 4 is 62.2 Å². The van der Waals surface area contributed by atoms with E-state index in [2.05, 4.69) is 26.3 Å². The predicted molar refractivity (Wildman–Crippen MR) is 97.8 cm³/mol. The van der Waals surface area contributed by atoms with Crippen LogP contribution in [0.3, 0.4) is 0 Å². The average molecular weight is 431 g/mol. The predicted octanol–water partition coefficient (Wildman–Crippen LogP) is 5.31. The van der Waals surface area contributed by atoms with Crippen LogP contribution in [0, 0.1) is 0 Å². The van der Waals surface area contributed by atoms with Crippen LogP contribution in [0.5, 0.6) is 0 Å². The smallest absolute Gasteiger partial charge is 0.266 e. The number of nitrogens with one attached hydrogen (secondary N) is 1. The molecule has 2 heterocycles. The van der Waals surface area contributed by atoms with E-state index < -0.39 is 0 Å². The molecule has 0 aliphatic rings. The van der Waals surface area contributed by atoms with Crippen LogP contribution in [0.1, 0.15) is 15.2 Å². The van der Waals surface area contributed by atoms with Gasteiger partial charge in [-0.05, 0) is 45.8 Å². The second kappa shape index (κ2) is 7.05. The van der Waals surface area contributed by atoms with Crippen LogP contribution in [0.25, 0.3) is 0 Å². The van der Waals surface area contributed by atoms with E-state index in [1.54, 1.807) is 35.1 Å². The van der Waals surface area contributed by atoms with E-state index in [-0.39, 0.29) is 5.91 Å². The number of carbonyl (C=O) groups is 1. The van der Waals surface area contributed by atoms with Crippen molar-refractivity contribution in [3.05, 3.63) is 66.9 Å². The van der Waals surface area contributed by atoms with E-state index >= 15 is 0 Å². The molecule has 0 fully saturated rings. The summed E-state index contributed by atoms with van der Waals surface area (Å²) in [5.41, 5.74) is 0.870. The Labute approximate surface area is 155 Å². The van der Waals surface area contributed by atoms with Crippen LogP contribution in [-0.4, -0.2) is 15.7 Å². The van der Waals surface area contributed by atoms with Crippen LogP contribution in [0.15, 0.2) is 46.4 Å². The van der Waals surface area contributed by atoms with E-state index in [1.165, 1.54) is 11.3 Å². The molecule has 1 aromatic carbocycles. The minimum absolute atomic E-state index is 0.176. The Kier molecular flexibility index (Phi) is 5.06. The standard InChI is InChI=1S/C15H10BrCl2N3OS/c16-13-4-3-12(23-13)15(22)20-14-5-6-19-21(14)8-9-1-2-10(17)7-11(9)18/h1-7H,8H2,(H,20,22). The highest BCUT2D eigenvalue weighted by Gasteiger charge is 2.12. The van der Waals surface area contributed by atoms with Gasteiger partial charge >= 0.3 is 0 Å². The summed E-state index contributed by atoms with van der Waals surface area (Å²) in [6, 6.07) is 10.6. The Morgan fingerprint density at radius 1 is 1.26 bits per heavy atom. The number of hydrogen-bond donors (Lipinski definition) is 1. The molecule has 0 atom stereocenters. The minimum atomic E-state index is -0.176. The first-order valence-electron chi connectivity index (χ1n) is 6.55. The quantitative estimate of drug-likeness (QED) is 0.609. The highest BCUT2D eigenvalue weighted by atomic mass is 79.9. The molecule has 1 amide bonds. The van der Waals surface area contributed by atoms with Crippen molar-refractivity contribution in [2.24, 2.45) is 0 Å². The van der Waals surface area contributed by atoms with Crippen LogP contribution in [-0.2, 0) is 6.54 Å². The van der Waals surface area contributed by atoms with Gasteiger partial charge in [-0.1, -0.05) is 29.3 Å². The molecule has 118 valence electrons. The molecule has 2 aromatic heterocycles. The van der Waals surface area contributed by atoms with Gasteiger partial charge in [0.2, 0.25) is 0 Å². The third-order valence-corrected chi connectivity index (χ3v) is 5.30. The number of benzene rings is 1. The average Bonchev–Trinajstić information content (AvgIpc) is 3.11. The van der Waals surface area contributed by atoms with Crippen LogP contribution >= 0.6 is 50.5 Å². The second-order valence-electron chi connectivity index (χ2n) is 4.67. The maximum absolute atomic E-state index is 12.2. The summed E-state index contributed by atoms with van der Waals surface area (Å²) in [7, 11) is 0. The first kappa shape index (κ1) is 16.5. The molecule has 8 heteroatoms. The number of anilines is 1. The van der Waals surface area contributed by atoms with Crippen molar-refractivity contribution in [2.75, 3.05) is 5.32 Å². The molecule has 0 aliphatic heterocycles. The van der Waals surface area contributed by atoms with Crippen LogP contribution in [0.2, 0.25) is 10.0 Å². The highest BCUT2D eigenvalue weighted by molar-refractivity contribution is 9.11. The molecule has 0 spiro atoms. The maximum atomic E-state index is 12.2. The molecule has 4 nitrogen and oxygen atoms in total. The van der Waals surface area contributed by atoms with Crippen molar-refractivity contribution < 1.29 is 4.79 Å². The number of hydrogen-bond acceptors (Lipinski definition) is 3. The summed E-state index contributed by atoms with van der Waals surface area (Å²) in [5, 5.41) is 8.23. The fraction of sp³-hybridized carbons (Fsp3) is 0.0667. The van der Waals surface area contributed by atoms with Gasteiger partial charge in [0.15, 0.2) is 0 Å².